The van der Waals surface area contributed by atoms with E-state index in [1.54, 1.807) is 12.1 Å². The van der Waals surface area contributed by atoms with Gasteiger partial charge in [-0.05, 0) is 62.7 Å². The van der Waals surface area contributed by atoms with E-state index in [-0.39, 0.29) is 5.82 Å². The molecule has 3 nitrogen and oxygen atoms in total. The minimum absolute atomic E-state index is 0.311. The first-order valence-corrected chi connectivity index (χ1v) is 7.45. The highest BCUT2D eigenvalue weighted by molar-refractivity contribution is 5.96. The molecule has 3 aromatic rings. The second-order valence-electron chi connectivity index (χ2n) is 6.41. The Balaban J connectivity index is 2.19. The predicted molar refractivity (Wildman–Crippen MR) is 89.0 cm³/mol. The highest BCUT2D eigenvalue weighted by atomic mass is 19.1. The summed E-state index contributed by atoms with van der Waals surface area (Å²) in [6.45, 7) is 5.48. The summed E-state index contributed by atoms with van der Waals surface area (Å²) in [4.78, 5) is 12.7. The molecule has 0 saturated carbocycles. The number of aromatic nitrogens is 1. The quantitative estimate of drug-likeness (QED) is 0.616. The number of halogens is 1. The van der Waals surface area contributed by atoms with Crippen LogP contribution in [0.2, 0.25) is 0 Å². The van der Waals surface area contributed by atoms with E-state index in [2.05, 4.69) is 0 Å². The first-order valence-electron chi connectivity index (χ1n) is 7.45. The number of hydrogen-bond acceptors (Lipinski definition) is 2. The molecule has 0 aliphatic rings. The second kappa shape index (κ2) is 5.54. The Kier molecular flexibility index (Phi) is 3.68. The summed E-state index contributed by atoms with van der Waals surface area (Å²) < 4.78 is 20.3. The van der Waals surface area contributed by atoms with Crippen LogP contribution in [-0.4, -0.2) is 16.3 Å². The van der Waals surface area contributed by atoms with Crippen molar-refractivity contribution < 1.29 is 13.9 Å². The van der Waals surface area contributed by atoms with Gasteiger partial charge in [-0.15, -0.1) is 0 Å². The zero-order valence-electron chi connectivity index (χ0n) is 13.3. The summed E-state index contributed by atoms with van der Waals surface area (Å²) in [5, 5.41) is 0.928. The van der Waals surface area contributed by atoms with Crippen LogP contribution in [0.1, 0.15) is 20.8 Å². The molecule has 0 unspecified atom stereocenters. The Morgan fingerprint density at radius 2 is 1.70 bits per heavy atom. The van der Waals surface area contributed by atoms with E-state index >= 15 is 0 Å². The average molecular weight is 311 g/mol. The fourth-order valence-electron chi connectivity index (χ4n) is 2.49. The van der Waals surface area contributed by atoms with Crippen LogP contribution in [0.25, 0.3) is 22.2 Å². The van der Waals surface area contributed by atoms with Gasteiger partial charge in [0.2, 0.25) is 0 Å². The van der Waals surface area contributed by atoms with Crippen molar-refractivity contribution in [3.05, 3.63) is 60.4 Å². The maximum Gasteiger partial charge on any atom is 0.419 e. The summed E-state index contributed by atoms with van der Waals surface area (Å²) in [5.41, 5.74) is 1.61. The Morgan fingerprint density at radius 3 is 2.35 bits per heavy atom. The van der Waals surface area contributed by atoms with Crippen LogP contribution >= 0.6 is 0 Å². The molecular formula is C19H18FNO2. The van der Waals surface area contributed by atoms with Crippen molar-refractivity contribution in [3.63, 3.8) is 0 Å². The third-order valence-corrected chi connectivity index (χ3v) is 3.43. The van der Waals surface area contributed by atoms with Crippen molar-refractivity contribution in [2.45, 2.75) is 26.4 Å². The third-order valence-electron chi connectivity index (χ3n) is 3.43. The molecule has 1 heterocycles. The van der Waals surface area contributed by atoms with Gasteiger partial charge in [0.05, 0.1) is 11.2 Å². The molecular weight excluding hydrogens is 293 g/mol. The largest absolute Gasteiger partial charge is 0.443 e. The van der Waals surface area contributed by atoms with Gasteiger partial charge in [0.1, 0.15) is 11.4 Å². The molecule has 2 aromatic carbocycles. The van der Waals surface area contributed by atoms with E-state index in [1.165, 1.54) is 16.7 Å². The molecule has 0 aliphatic heterocycles. The Hall–Kier alpha value is -2.62. The molecule has 0 spiro atoms. The summed E-state index contributed by atoms with van der Waals surface area (Å²) in [6, 6.07) is 15.6. The van der Waals surface area contributed by atoms with E-state index in [0.717, 1.165) is 16.5 Å². The van der Waals surface area contributed by atoms with Gasteiger partial charge < -0.3 is 4.74 Å². The normalized spacial score (nSPS) is 11.7. The number of nitrogens with zero attached hydrogens (tertiary/aromatic N) is 1. The minimum Gasteiger partial charge on any atom is -0.443 e. The first-order chi connectivity index (χ1) is 10.8. The standard InChI is InChI=1S/C19H18FNO2/c1-19(2,3)23-18(22)21-16-7-5-4-6-14(16)12-17(21)13-8-10-15(20)11-9-13/h4-12H,1-3H3. The molecule has 0 saturated heterocycles. The zero-order chi connectivity index (χ0) is 16.6. The Morgan fingerprint density at radius 1 is 1.04 bits per heavy atom. The minimum atomic E-state index is -0.595. The van der Waals surface area contributed by atoms with E-state index in [9.17, 15) is 9.18 Å². The smallest absolute Gasteiger partial charge is 0.419 e. The van der Waals surface area contributed by atoms with Crippen molar-refractivity contribution in [1.29, 1.82) is 0 Å². The molecule has 4 heteroatoms. The van der Waals surface area contributed by atoms with Crippen molar-refractivity contribution >= 4 is 17.0 Å². The molecule has 0 aliphatic carbocycles. The van der Waals surface area contributed by atoms with Crippen molar-refractivity contribution in [3.8, 4) is 11.3 Å². The molecule has 1 aromatic heterocycles. The van der Waals surface area contributed by atoms with Crippen LogP contribution in [0.3, 0.4) is 0 Å². The number of ether oxygens (including phenoxy) is 1. The monoisotopic (exact) mass is 311 g/mol. The molecule has 0 bridgehead atoms. The SMILES string of the molecule is CC(C)(C)OC(=O)n1c(-c2ccc(F)cc2)cc2ccccc21. The van der Waals surface area contributed by atoms with Crippen LogP contribution in [0.4, 0.5) is 9.18 Å². The fraction of sp³-hybridized carbons (Fsp3) is 0.211. The van der Waals surface area contributed by atoms with E-state index in [0.29, 0.717) is 5.69 Å². The van der Waals surface area contributed by atoms with Gasteiger partial charge in [-0.2, -0.15) is 0 Å². The van der Waals surface area contributed by atoms with Crippen molar-refractivity contribution in [2.75, 3.05) is 0 Å². The van der Waals surface area contributed by atoms with Gasteiger partial charge in [-0.25, -0.2) is 13.8 Å². The fourth-order valence-corrected chi connectivity index (χ4v) is 2.49. The third kappa shape index (κ3) is 3.11. The lowest BCUT2D eigenvalue weighted by molar-refractivity contribution is 0.0547. The van der Waals surface area contributed by atoms with Crippen LogP contribution in [0.15, 0.2) is 54.6 Å². The second-order valence-corrected chi connectivity index (χ2v) is 6.41. The van der Waals surface area contributed by atoms with Crippen LogP contribution in [0.5, 0.6) is 0 Å². The van der Waals surface area contributed by atoms with Gasteiger partial charge in [0.25, 0.3) is 0 Å². The summed E-state index contributed by atoms with van der Waals surface area (Å²) >= 11 is 0. The highest BCUT2D eigenvalue weighted by Gasteiger charge is 2.22. The lowest BCUT2D eigenvalue weighted by Gasteiger charge is -2.21. The van der Waals surface area contributed by atoms with Crippen LogP contribution < -0.4 is 0 Å². The van der Waals surface area contributed by atoms with Gasteiger partial charge in [0, 0.05) is 5.39 Å². The van der Waals surface area contributed by atoms with Gasteiger partial charge in [-0.3, -0.25) is 0 Å². The van der Waals surface area contributed by atoms with E-state index in [4.69, 9.17) is 4.74 Å². The van der Waals surface area contributed by atoms with Gasteiger partial charge >= 0.3 is 6.09 Å². The maximum absolute atomic E-state index is 13.2. The molecule has 0 radical (unpaired) electrons. The lowest BCUT2D eigenvalue weighted by atomic mass is 10.1. The summed E-state index contributed by atoms with van der Waals surface area (Å²) in [5.74, 6) is -0.311. The predicted octanol–water partition coefficient (Wildman–Crippen LogP) is 5.23. The molecule has 0 fully saturated rings. The molecule has 0 N–H and O–H groups in total. The van der Waals surface area contributed by atoms with Crippen molar-refractivity contribution in [2.24, 2.45) is 0 Å². The maximum atomic E-state index is 13.2. The highest BCUT2D eigenvalue weighted by Crippen LogP contribution is 2.29. The van der Waals surface area contributed by atoms with Crippen LogP contribution in [0, 0.1) is 5.82 Å². The number of benzene rings is 2. The van der Waals surface area contributed by atoms with Gasteiger partial charge in [-0.1, -0.05) is 18.2 Å². The van der Waals surface area contributed by atoms with Crippen LogP contribution in [-0.2, 0) is 4.74 Å². The van der Waals surface area contributed by atoms with E-state index in [1.807, 2.05) is 51.1 Å². The summed E-state index contributed by atoms with van der Waals surface area (Å²) in [6.07, 6.45) is -0.446. The molecule has 0 atom stereocenters. The number of carbonyl (C=O) groups excluding carboxylic acids is 1. The Labute approximate surface area is 134 Å². The van der Waals surface area contributed by atoms with Crippen molar-refractivity contribution in [1.82, 2.24) is 4.57 Å². The Bertz CT molecular complexity index is 857. The van der Waals surface area contributed by atoms with Gasteiger partial charge in [0.15, 0.2) is 0 Å². The topological polar surface area (TPSA) is 31.2 Å². The first kappa shape index (κ1) is 15.3. The number of rotatable bonds is 1. The number of hydrogen-bond donors (Lipinski definition) is 0. The molecule has 0 amide bonds. The molecule has 23 heavy (non-hydrogen) atoms. The average Bonchev–Trinajstić information content (AvgIpc) is 2.85. The molecule has 118 valence electrons. The lowest BCUT2D eigenvalue weighted by Crippen LogP contribution is -2.27. The van der Waals surface area contributed by atoms with E-state index < -0.39 is 11.7 Å². The number of para-hydroxylation sites is 1. The number of fused-ring (bicyclic) bond motifs is 1. The molecule has 3 rings (SSSR count). The summed E-state index contributed by atoms with van der Waals surface area (Å²) in [7, 11) is 0. The zero-order valence-corrected chi connectivity index (χ0v) is 13.3. The number of carbonyl (C=O) groups is 1.